The number of nitrogens with one attached hydrogen (secondary N) is 2. The zero-order valence-corrected chi connectivity index (χ0v) is 35.2. The molecule has 0 bridgehead atoms. The third kappa shape index (κ3) is 8.88. The van der Waals surface area contributed by atoms with E-state index >= 15 is 0 Å². The smallest absolute Gasteiger partial charge is 0.274 e. The number of allylic oxidation sites excluding steroid dienone is 1. The van der Waals surface area contributed by atoms with Gasteiger partial charge in [0.15, 0.2) is 0 Å². The molecular weight excluding hydrogens is 788 g/mol. The summed E-state index contributed by atoms with van der Waals surface area (Å²) in [4.78, 5) is 37.4. The van der Waals surface area contributed by atoms with Crippen LogP contribution in [0.25, 0.3) is 16.6 Å². The number of nitro groups is 1. The average molecular weight is 837 g/mol. The van der Waals surface area contributed by atoms with E-state index in [0.29, 0.717) is 35.4 Å². The van der Waals surface area contributed by atoms with E-state index in [1.54, 1.807) is 30.5 Å². The van der Waals surface area contributed by atoms with E-state index in [0.717, 1.165) is 87.0 Å². The number of carbonyl (C=O) groups excluding carboxylic acids is 1. The molecule has 3 heterocycles. The zero-order valence-electron chi connectivity index (χ0n) is 33.6. The third-order valence-electron chi connectivity index (χ3n) is 12.1. The molecule has 1 saturated heterocycles. The Balaban J connectivity index is 1.03. The number of anilines is 1. The maximum absolute atomic E-state index is 14.0. The number of nitro benzene ring substituents is 1. The number of aromatic amines is 1. The van der Waals surface area contributed by atoms with Crippen LogP contribution in [0.4, 0.5) is 11.4 Å². The molecule has 12 nitrogen and oxygen atoms in total. The number of hydrogen-bond donors (Lipinski definition) is 2. The molecule has 1 fully saturated rings. The molecule has 2 N–H and O–H groups in total. The first-order valence-corrected chi connectivity index (χ1v) is 22.2. The van der Waals surface area contributed by atoms with Crippen LogP contribution in [0, 0.1) is 21.4 Å². The first-order chi connectivity index (χ1) is 28.2. The van der Waals surface area contributed by atoms with Gasteiger partial charge in [-0.15, -0.1) is 0 Å². The molecule has 308 valence electrons. The summed E-state index contributed by atoms with van der Waals surface area (Å²) in [5, 5.41) is 13.6. The lowest BCUT2D eigenvalue weighted by Gasteiger charge is -2.39. The molecule has 0 spiro atoms. The number of pyridine rings is 1. The highest BCUT2D eigenvalue weighted by Gasteiger charge is 2.33. The van der Waals surface area contributed by atoms with Crippen LogP contribution in [-0.4, -0.2) is 66.8 Å². The lowest BCUT2D eigenvalue weighted by Crippen LogP contribution is -2.47. The van der Waals surface area contributed by atoms with Gasteiger partial charge in [-0.3, -0.25) is 19.8 Å². The minimum atomic E-state index is -4.51. The van der Waals surface area contributed by atoms with Crippen molar-refractivity contribution in [3.05, 3.63) is 122 Å². The Morgan fingerprint density at radius 2 is 1.83 bits per heavy atom. The minimum Gasteiger partial charge on any atom is -0.455 e. The fourth-order valence-electron chi connectivity index (χ4n) is 8.92. The number of carbonyl (C=O) groups is 1. The van der Waals surface area contributed by atoms with Gasteiger partial charge < -0.3 is 14.6 Å². The van der Waals surface area contributed by atoms with Crippen molar-refractivity contribution in [2.45, 2.75) is 70.6 Å². The zero-order chi connectivity index (χ0) is 41.5. The number of sulfonamides is 1. The van der Waals surface area contributed by atoms with Crippen LogP contribution < -0.4 is 14.4 Å². The predicted octanol–water partition coefficient (Wildman–Crippen LogP) is 9.34. The minimum absolute atomic E-state index is 0.00863. The van der Waals surface area contributed by atoms with Crippen molar-refractivity contribution >= 4 is 55.5 Å². The number of aromatic nitrogens is 2. The molecule has 3 aliphatic rings. The van der Waals surface area contributed by atoms with Crippen molar-refractivity contribution in [3.63, 3.8) is 0 Å². The van der Waals surface area contributed by atoms with Crippen LogP contribution >= 0.6 is 11.6 Å². The molecular formula is C45H49ClN6O6S. The van der Waals surface area contributed by atoms with Gasteiger partial charge in [0.1, 0.15) is 17.1 Å². The molecule has 1 aliphatic heterocycles. The number of amides is 1. The highest BCUT2D eigenvalue weighted by molar-refractivity contribution is 7.90. The van der Waals surface area contributed by atoms with Gasteiger partial charge in [0.2, 0.25) is 0 Å². The van der Waals surface area contributed by atoms with Gasteiger partial charge in [-0.05, 0) is 103 Å². The second kappa shape index (κ2) is 16.4. The van der Waals surface area contributed by atoms with Gasteiger partial charge in [-0.1, -0.05) is 62.9 Å². The number of fused-ring (bicyclic) bond motifs is 2. The third-order valence-corrected chi connectivity index (χ3v) is 13.6. The molecule has 3 aromatic carbocycles. The number of nitrogens with zero attached hydrogens (tertiary/aromatic N) is 4. The Kier molecular flexibility index (Phi) is 11.3. The van der Waals surface area contributed by atoms with Gasteiger partial charge in [0.25, 0.3) is 21.6 Å². The van der Waals surface area contributed by atoms with E-state index < -0.39 is 20.9 Å². The van der Waals surface area contributed by atoms with Gasteiger partial charge >= 0.3 is 0 Å². The van der Waals surface area contributed by atoms with E-state index in [4.69, 9.17) is 16.3 Å². The Hall–Kier alpha value is -5.24. The van der Waals surface area contributed by atoms with Crippen LogP contribution in [0.5, 0.6) is 11.5 Å². The normalized spacial score (nSPS) is 18.2. The molecule has 5 aromatic rings. The number of ether oxygens (including phenoxy) is 1. The largest absolute Gasteiger partial charge is 0.455 e. The monoisotopic (exact) mass is 836 g/mol. The molecule has 59 heavy (non-hydrogen) atoms. The maximum Gasteiger partial charge on any atom is 0.274 e. The van der Waals surface area contributed by atoms with Gasteiger partial charge in [0.05, 0.1) is 21.6 Å². The summed E-state index contributed by atoms with van der Waals surface area (Å²) in [6, 6.07) is 19.5. The Morgan fingerprint density at radius 1 is 1.05 bits per heavy atom. The number of H-pyrrole nitrogens is 1. The Bertz CT molecular complexity index is 2560. The molecule has 0 unspecified atom stereocenters. The standard InChI is InChI=1S/C45H49ClN6O6S/c1-4-5-29-20-33-23-37(25-41(52(54)55)39(33)21-29)59(56,57)49-44(53)38-11-10-35(24-42(38)58-36-22-31-13-15-47-43(31)48-27-36)51-18-16-50(17-19-51)28-32-12-14-45(2,3)26-40(32)30-6-8-34(46)9-7-30/h6-11,13,15,22-25,27,29H,4-5,12,14,16-21,26,28H2,1-3H3,(H,47,48)(H,49,53)/t29-/m0/s1. The van der Waals surface area contributed by atoms with Crippen molar-refractivity contribution < 1.29 is 22.9 Å². The number of hydrogen-bond acceptors (Lipinski definition) is 9. The summed E-state index contributed by atoms with van der Waals surface area (Å²) in [5.41, 5.74) is 6.81. The summed E-state index contributed by atoms with van der Waals surface area (Å²) in [6.45, 7) is 10.8. The van der Waals surface area contributed by atoms with Crippen LogP contribution in [0.15, 0.2) is 89.6 Å². The Labute approximate surface area is 349 Å². The van der Waals surface area contributed by atoms with E-state index in [1.807, 2.05) is 18.2 Å². The second-order valence-corrected chi connectivity index (χ2v) is 19.0. The molecule has 2 aliphatic carbocycles. The molecule has 14 heteroatoms. The number of piperazine rings is 1. The van der Waals surface area contributed by atoms with Crippen LogP contribution in [-0.2, 0) is 22.9 Å². The van der Waals surface area contributed by atoms with Crippen molar-refractivity contribution in [1.82, 2.24) is 19.6 Å². The topological polar surface area (TPSA) is 151 Å². The van der Waals surface area contributed by atoms with Crippen molar-refractivity contribution in [1.29, 1.82) is 0 Å². The highest BCUT2D eigenvalue weighted by Crippen LogP contribution is 2.44. The summed E-state index contributed by atoms with van der Waals surface area (Å²) in [7, 11) is -4.51. The summed E-state index contributed by atoms with van der Waals surface area (Å²) < 4.78 is 36.1. The fourth-order valence-corrected chi connectivity index (χ4v) is 10.1. The molecule has 2 aromatic heterocycles. The SMILES string of the molecule is CCC[C@H]1Cc2cc(S(=O)(=O)NC(=O)c3ccc(N4CCN(CC5=C(c6ccc(Cl)cc6)CC(C)(C)CC5)CC4)cc3Oc3cnc4[nH]ccc4c3)cc([N+](=O)[O-])c2C1. The van der Waals surface area contributed by atoms with Crippen molar-refractivity contribution in [2.75, 3.05) is 37.6 Å². The predicted molar refractivity (Wildman–Crippen MR) is 231 cm³/mol. The second-order valence-electron chi connectivity index (χ2n) is 16.9. The fraction of sp³-hybridized carbons (Fsp3) is 0.378. The maximum atomic E-state index is 14.0. The van der Waals surface area contributed by atoms with E-state index in [1.165, 1.54) is 29.0 Å². The van der Waals surface area contributed by atoms with Crippen LogP contribution in [0.1, 0.15) is 79.9 Å². The summed E-state index contributed by atoms with van der Waals surface area (Å²) >= 11 is 6.24. The van der Waals surface area contributed by atoms with Crippen LogP contribution in [0.3, 0.4) is 0 Å². The molecule has 8 rings (SSSR count). The lowest BCUT2D eigenvalue weighted by atomic mass is 9.72. The molecule has 1 atom stereocenters. The van der Waals surface area contributed by atoms with E-state index in [-0.39, 0.29) is 33.2 Å². The van der Waals surface area contributed by atoms with Crippen molar-refractivity contribution in [3.8, 4) is 11.5 Å². The van der Waals surface area contributed by atoms with Crippen LogP contribution in [0.2, 0.25) is 5.02 Å². The lowest BCUT2D eigenvalue weighted by molar-refractivity contribution is -0.385. The quantitative estimate of drug-likeness (QED) is 0.0926. The summed E-state index contributed by atoms with van der Waals surface area (Å²) in [5.74, 6) is -0.191. The van der Waals surface area contributed by atoms with Crippen molar-refractivity contribution in [2.24, 2.45) is 11.3 Å². The van der Waals surface area contributed by atoms with E-state index in [9.17, 15) is 23.3 Å². The average Bonchev–Trinajstić information content (AvgIpc) is 3.85. The number of rotatable bonds is 12. The number of halogens is 1. The first kappa shape index (κ1) is 40.5. The van der Waals surface area contributed by atoms with Gasteiger partial charge in [-0.2, -0.15) is 0 Å². The molecule has 0 saturated carbocycles. The number of benzene rings is 3. The molecule has 1 amide bonds. The van der Waals surface area contributed by atoms with Gasteiger partial charge in [-0.25, -0.2) is 18.1 Å². The molecule has 0 radical (unpaired) electrons. The summed E-state index contributed by atoms with van der Waals surface area (Å²) in [6.07, 6.45) is 9.41. The van der Waals surface area contributed by atoms with Gasteiger partial charge in [0, 0.05) is 72.7 Å². The van der Waals surface area contributed by atoms with E-state index in [2.05, 4.69) is 57.4 Å². The Morgan fingerprint density at radius 3 is 2.58 bits per heavy atom. The highest BCUT2D eigenvalue weighted by atomic mass is 35.5. The first-order valence-electron chi connectivity index (χ1n) is 20.3.